The largest absolute Gasteiger partial charge is 0.388 e. The van der Waals surface area contributed by atoms with Gasteiger partial charge in [0.15, 0.2) is 17.0 Å². The van der Waals surface area contributed by atoms with Gasteiger partial charge in [-0.3, -0.25) is 4.79 Å². The number of aliphatic hydroxyl groups is 2. The average Bonchev–Trinajstić information content (AvgIpc) is 3.55. The van der Waals surface area contributed by atoms with E-state index in [1.54, 1.807) is 30.3 Å². The Morgan fingerprint density at radius 1 is 1.19 bits per heavy atom. The molecular formula is C24H37N9O3. The van der Waals surface area contributed by atoms with Crippen molar-refractivity contribution in [3.63, 3.8) is 0 Å². The topological polar surface area (TPSA) is 166 Å². The molecule has 3 aromatic heterocycles. The third-order valence-electron chi connectivity index (χ3n) is 6.50. The molecule has 36 heavy (non-hydrogen) atoms. The lowest BCUT2D eigenvalue weighted by Crippen LogP contribution is -2.42. The number of hydrogen-bond donors (Lipinski definition) is 6. The molecule has 12 heteroatoms. The lowest BCUT2D eigenvalue weighted by molar-refractivity contribution is -0.122. The first kappa shape index (κ1) is 25.8. The highest BCUT2D eigenvalue weighted by Gasteiger charge is 2.43. The molecule has 0 bridgehead atoms. The number of carbonyl (C=O) groups excluding carboxylic acids is 1. The molecule has 3 aromatic rings. The van der Waals surface area contributed by atoms with E-state index in [4.69, 9.17) is 4.98 Å². The molecular weight excluding hydrogens is 462 g/mol. The number of aromatic amines is 1. The molecule has 0 saturated heterocycles. The number of nitrogens with zero attached hydrogens (tertiary/aromatic N) is 5. The second-order valence-electron chi connectivity index (χ2n) is 10.5. The lowest BCUT2D eigenvalue weighted by Gasteiger charge is -2.19. The van der Waals surface area contributed by atoms with Crippen LogP contribution in [0.3, 0.4) is 0 Å². The highest BCUT2D eigenvalue weighted by Crippen LogP contribution is 2.34. The molecule has 3 heterocycles. The zero-order valence-corrected chi connectivity index (χ0v) is 21.3. The van der Waals surface area contributed by atoms with Crippen LogP contribution in [-0.2, 0) is 11.2 Å². The van der Waals surface area contributed by atoms with Crippen molar-refractivity contribution < 1.29 is 15.0 Å². The summed E-state index contributed by atoms with van der Waals surface area (Å²) in [5.74, 6) is 0.876. The van der Waals surface area contributed by atoms with Crippen LogP contribution in [0.25, 0.3) is 11.2 Å². The van der Waals surface area contributed by atoms with Gasteiger partial charge in [-0.25, -0.2) is 9.97 Å². The molecule has 1 unspecified atom stereocenters. The standard InChI is InChI=1S/C24H37N9O3/c1-5-17(34)30-15-10-16(20(36)19(15)35)33-13-29-18-21(26-9-7-24(2,3)4)31-23(32-22(18)33)27-8-6-14-11-25-12-28-14/h11-13,15-16,19-20,35-36H,5-10H2,1-4H3,(H,25,28)(H,30,34)(H2,26,27,31,32)/t15-,16?,19+,20-/m0/s1. The Hall–Kier alpha value is -3.25. The molecule has 0 spiro atoms. The van der Waals surface area contributed by atoms with Gasteiger partial charge < -0.3 is 35.7 Å². The predicted octanol–water partition coefficient (Wildman–Crippen LogP) is 1.61. The van der Waals surface area contributed by atoms with Gasteiger partial charge in [-0.2, -0.15) is 9.97 Å². The molecule has 196 valence electrons. The lowest BCUT2D eigenvalue weighted by atomic mass is 9.92. The number of nitrogens with one attached hydrogen (secondary N) is 4. The third-order valence-corrected chi connectivity index (χ3v) is 6.50. The maximum Gasteiger partial charge on any atom is 0.226 e. The van der Waals surface area contributed by atoms with Crippen LogP contribution in [0.1, 0.15) is 58.7 Å². The van der Waals surface area contributed by atoms with Gasteiger partial charge in [0.1, 0.15) is 12.2 Å². The van der Waals surface area contributed by atoms with E-state index < -0.39 is 24.3 Å². The van der Waals surface area contributed by atoms with Crippen molar-refractivity contribution in [2.75, 3.05) is 23.7 Å². The van der Waals surface area contributed by atoms with Gasteiger partial charge >= 0.3 is 0 Å². The fourth-order valence-electron chi connectivity index (χ4n) is 4.38. The SMILES string of the molecule is CCC(=O)N[C@H]1CC(n2cnc3c(NCCC(C)(C)C)nc(NCCc4cnc[nH]4)nc32)[C@H](O)[C@@H]1O. The number of aromatic nitrogens is 6. The van der Waals surface area contributed by atoms with E-state index in [-0.39, 0.29) is 11.3 Å². The highest BCUT2D eigenvalue weighted by molar-refractivity contribution is 5.84. The molecule has 0 aliphatic heterocycles. The van der Waals surface area contributed by atoms with Crippen molar-refractivity contribution in [3.8, 4) is 0 Å². The van der Waals surface area contributed by atoms with Crippen molar-refractivity contribution in [1.29, 1.82) is 0 Å². The van der Waals surface area contributed by atoms with Gasteiger partial charge in [0.25, 0.3) is 0 Å². The molecule has 1 amide bonds. The summed E-state index contributed by atoms with van der Waals surface area (Å²) in [7, 11) is 0. The minimum Gasteiger partial charge on any atom is -0.388 e. The molecule has 1 aliphatic carbocycles. The molecule has 0 radical (unpaired) electrons. The van der Waals surface area contributed by atoms with Gasteiger partial charge in [-0.05, 0) is 18.3 Å². The number of anilines is 2. The second kappa shape index (κ2) is 10.8. The summed E-state index contributed by atoms with van der Waals surface area (Å²) in [4.78, 5) is 33.0. The monoisotopic (exact) mass is 499 g/mol. The molecule has 4 atom stereocenters. The van der Waals surface area contributed by atoms with E-state index in [2.05, 4.69) is 56.7 Å². The molecule has 4 rings (SSSR count). The van der Waals surface area contributed by atoms with Crippen LogP contribution in [0.4, 0.5) is 11.8 Å². The maximum atomic E-state index is 11.9. The fourth-order valence-corrected chi connectivity index (χ4v) is 4.38. The molecule has 6 N–H and O–H groups in total. The number of aliphatic hydroxyl groups excluding tert-OH is 2. The smallest absolute Gasteiger partial charge is 0.226 e. The van der Waals surface area contributed by atoms with Crippen LogP contribution in [0.15, 0.2) is 18.9 Å². The van der Waals surface area contributed by atoms with E-state index in [1.807, 2.05) is 0 Å². The average molecular weight is 500 g/mol. The Morgan fingerprint density at radius 3 is 2.69 bits per heavy atom. The number of H-pyrrole nitrogens is 1. The molecule has 0 aromatic carbocycles. The predicted molar refractivity (Wildman–Crippen MR) is 137 cm³/mol. The number of hydrogen-bond acceptors (Lipinski definition) is 9. The summed E-state index contributed by atoms with van der Waals surface area (Å²) >= 11 is 0. The Labute approximate surface area is 210 Å². The maximum absolute atomic E-state index is 11.9. The number of imidazole rings is 2. The van der Waals surface area contributed by atoms with Gasteiger partial charge in [-0.15, -0.1) is 0 Å². The van der Waals surface area contributed by atoms with E-state index >= 15 is 0 Å². The van der Waals surface area contributed by atoms with Crippen LogP contribution in [0, 0.1) is 5.41 Å². The molecule has 1 fully saturated rings. The quantitative estimate of drug-likeness (QED) is 0.243. The normalized spacial score (nSPS) is 22.2. The van der Waals surface area contributed by atoms with Gasteiger partial charge in [0.05, 0.1) is 24.7 Å². The summed E-state index contributed by atoms with van der Waals surface area (Å²) in [5.41, 5.74) is 2.29. The van der Waals surface area contributed by atoms with Crippen molar-refractivity contribution in [3.05, 3.63) is 24.5 Å². The van der Waals surface area contributed by atoms with E-state index in [1.165, 1.54) is 0 Å². The zero-order chi connectivity index (χ0) is 25.9. The van der Waals surface area contributed by atoms with Crippen LogP contribution >= 0.6 is 0 Å². The number of fused-ring (bicyclic) bond motifs is 1. The third kappa shape index (κ3) is 5.93. The Bertz CT molecular complexity index is 1160. The molecule has 1 aliphatic rings. The first-order valence-electron chi connectivity index (χ1n) is 12.5. The molecule has 1 saturated carbocycles. The summed E-state index contributed by atoms with van der Waals surface area (Å²) in [6.07, 6.45) is 5.21. The van der Waals surface area contributed by atoms with Gasteiger partial charge in [-0.1, -0.05) is 27.7 Å². The Kier molecular flexibility index (Phi) is 7.74. The van der Waals surface area contributed by atoms with E-state index in [0.29, 0.717) is 48.9 Å². The number of amides is 1. The summed E-state index contributed by atoms with van der Waals surface area (Å²) in [6.45, 7) is 9.61. The van der Waals surface area contributed by atoms with Crippen LogP contribution in [0.2, 0.25) is 0 Å². The van der Waals surface area contributed by atoms with Gasteiger partial charge in [0.2, 0.25) is 11.9 Å². The summed E-state index contributed by atoms with van der Waals surface area (Å²) in [6, 6.07) is -1.05. The van der Waals surface area contributed by atoms with Crippen molar-refractivity contribution in [2.24, 2.45) is 5.41 Å². The van der Waals surface area contributed by atoms with Crippen LogP contribution < -0.4 is 16.0 Å². The first-order valence-corrected chi connectivity index (χ1v) is 12.5. The van der Waals surface area contributed by atoms with Crippen LogP contribution in [0.5, 0.6) is 0 Å². The van der Waals surface area contributed by atoms with Gasteiger partial charge in [0, 0.05) is 37.8 Å². The van der Waals surface area contributed by atoms with E-state index in [9.17, 15) is 15.0 Å². The van der Waals surface area contributed by atoms with Crippen molar-refractivity contribution in [2.45, 2.75) is 77.7 Å². The minimum atomic E-state index is -1.08. The first-order chi connectivity index (χ1) is 17.2. The van der Waals surface area contributed by atoms with Crippen LogP contribution in [-0.4, -0.2) is 76.9 Å². The Morgan fingerprint density at radius 2 is 2.00 bits per heavy atom. The van der Waals surface area contributed by atoms with E-state index in [0.717, 1.165) is 18.5 Å². The molecule has 12 nitrogen and oxygen atoms in total. The number of carbonyl (C=O) groups is 1. The highest BCUT2D eigenvalue weighted by atomic mass is 16.3. The minimum absolute atomic E-state index is 0.158. The summed E-state index contributed by atoms with van der Waals surface area (Å²) < 4.78 is 1.78. The second-order valence-corrected chi connectivity index (χ2v) is 10.5. The number of rotatable bonds is 10. The van der Waals surface area contributed by atoms with Crippen molar-refractivity contribution >= 4 is 28.8 Å². The zero-order valence-electron chi connectivity index (χ0n) is 21.3. The Balaban J connectivity index is 1.60. The van der Waals surface area contributed by atoms with Crippen molar-refractivity contribution in [1.82, 2.24) is 34.8 Å². The summed E-state index contributed by atoms with van der Waals surface area (Å²) in [5, 5.41) is 30.9. The fraction of sp³-hybridized carbons (Fsp3) is 0.625.